The quantitative estimate of drug-likeness (QED) is 0.445. The van der Waals surface area contributed by atoms with E-state index in [0.717, 1.165) is 0 Å². The van der Waals surface area contributed by atoms with E-state index in [1.54, 1.807) is 0 Å². The van der Waals surface area contributed by atoms with Crippen LogP contribution in [-0.4, -0.2) is 13.8 Å². The normalized spacial score (nSPS) is 16.7. The Kier molecular flexibility index (Phi) is 7.03. The first-order valence-electron chi connectivity index (χ1n) is 8.39. The molecule has 0 aliphatic heterocycles. The maximum absolute atomic E-state index is 5.21. The van der Waals surface area contributed by atoms with Gasteiger partial charge in [0.1, 0.15) is 0 Å². The first-order valence-corrected chi connectivity index (χ1v) is 15.6. The number of benzene rings is 1. The predicted molar refractivity (Wildman–Crippen MR) is 111 cm³/mol. The number of rotatable bonds is 2. The second kappa shape index (κ2) is 8.29. The molecule has 133 valence electrons. The number of hydrogen-bond donors (Lipinski definition) is 0. The third kappa shape index (κ3) is 5.00. The summed E-state index contributed by atoms with van der Waals surface area (Å²) < 4.78 is 0. The van der Waals surface area contributed by atoms with Gasteiger partial charge in [0, 0.05) is 0 Å². The molecule has 0 fully saturated rings. The van der Waals surface area contributed by atoms with E-state index in [2.05, 4.69) is 83.3 Å². The number of nitrogens with zero attached hydrogens (tertiary/aromatic N) is 1. The van der Waals surface area contributed by atoms with Crippen LogP contribution in [0.3, 0.4) is 0 Å². The number of hydrogen-bond acceptors (Lipinski definition) is 0. The standard InChI is InChI=1S/C20H25NSi.2ClH.Ti/c1-14-13-18-16-10-8-7-9-15(16)11-12-17(18)19(14)22(5,6)21-20(2,3)4;;;/h7-13H,1-6H3;2*1H;/q-1;;;+2/p-2. The van der Waals surface area contributed by atoms with Crippen molar-refractivity contribution in [3.05, 3.63) is 74.8 Å². The molecule has 0 bridgehead atoms. The SMILES string of the molecule is CC1=C[C]2C(=C1[Si](C)(C)[N-]C(C)(C)C)C=Cc1ccccc12.[Cl][Ti][Cl]. The van der Waals surface area contributed by atoms with Crippen molar-refractivity contribution < 1.29 is 17.0 Å². The van der Waals surface area contributed by atoms with Gasteiger partial charge in [0.25, 0.3) is 0 Å². The van der Waals surface area contributed by atoms with Gasteiger partial charge in [0.15, 0.2) is 0 Å². The fourth-order valence-electron chi connectivity index (χ4n) is 3.88. The Balaban J connectivity index is 0.000000701. The van der Waals surface area contributed by atoms with Gasteiger partial charge in [0.2, 0.25) is 0 Å². The van der Waals surface area contributed by atoms with Crippen molar-refractivity contribution >= 4 is 32.9 Å². The van der Waals surface area contributed by atoms with Gasteiger partial charge in [-0.2, -0.15) is 0 Å². The molecule has 25 heavy (non-hydrogen) atoms. The minimum atomic E-state index is -1.83. The summed E-state index contributed by atoms with van der Waals surface area (Å²) in [6.07, 6.45) is 6.91. The van der Waals surface area contributed by atoms with E-state index in [9.17, 15) is 0 Å². The summed E-state index contributed by atoms with van der Waals surface area (Å²) in [4.78, 5) is 5.21. The molecule has 0 aromatic heterocycles. The summed E-state index contributed by atoms with van der Waals surface area (Å²) in [6, 6.07) is 8.67. The molecule has 5 heteroatoms. The van der Waals surface area contributed by atoms with Crippen molar-refractivity contribution in [3.8, 4) is 0 Å². The molecule has 0 saturated carbocycles. The minimum absolute atomic E-state index is 0.0165. The van der Waals surface area contributed by atoms with Gasteiger partial charge in [-0.05, 0) is 31.9 Å². The first-order chi connectivity index (χ1) is 11.6. The topological polar surface area (TPSA) is 14.1 Å². The van der Waals surface area contributed by atoms with Gasteiger partial charge in [-0.3, -0.25) is 0 Å². The van der Waals surface area contributed by atoms with Gasteiger partial charge < -0.3 is 4.98 Å². The average Bonchev–Trinajstić information content (AvgIpc) is 2.83. The molecule has 0 amide bonds. The van der Waals surface area contributed by atoms with Crippen LogP contribution in [-0.2, 0) is 17.0 Å². The van der Waals surface area contributed by atoms with Crippen molar-refractivity contribution in [3.63, 3.8) is 0 Å². The van der Waals surface area contributed by atoms with Crippen LogP contribution in [0.2, 0.25) is 13.1 Å². The summed E-state index contributed by atoms with van der Waals surface area (Å²) in [5, 5.41) is 1.50. The molecule has 3 rings (SSSR count). The second-order valence-electron chi connectivity index (χ2n) is 7.86. The molecule has 1 nitrogen and oxygen atoms in total. The summed E-state index contributed by atoms with van der Waals surface area (Å²) >= 11 is -0.556. The van der Waals surface area contributed by atoms with Crippen LogP contribution in [0.5, 0.6) is 0 Å². The molecular formula is C20H25Cl2NSiTi-. The van der Waals surface area contributed by atoms with E-state index in [1.807, 2.05) is 0 Å². The molecule has 2 aliphatic rings. The van der Waals surface area contributed by atoms with Crippen LogP contribution in [0.4, 0.5) is 0 Å². The Hall–Kier alpha value is -0.0888. The zero-order valence-corrected chi connectivity index (χ0v) is 19.8. The Morgan fingerprint density at radius 1 is 1.04 bits per heavy atom. The van der Waals surface area contributed by atoms with Gasteiger partial charge in [0.05, 0.1) is 5.92 Å². The summed E-state index contributed by atoms with van der Waals surface area (Å²) in [5.41, 5.74) is 5.49. The maximum atomic E-state index is 5.21. The van der Waals surface area contributed by atoms with Crippen molar-refractivity contribution in [2.75, 3.05) is 0 Å². The van der Waals surface area contributed by atoms with Gasteiger partial charge in [-0.1, -0.05) is 87.1 Å². The van der Waals surface area contributed by atoms with E-state index in [-0.39, 0.29) is 5.54 Å². The predicted octanol–water partition coefficient (Wildman–Crippen LogP) is 7.19. The van der Waals surface area contributed by atoms with E-state index in [1.165, 1.54) is 33.4 Å². The third-order valence-electron chi connectivity index (χ3n) is 4.22. The van der Waals surface area contributed by atoms with Crippen molar-refractivity contribution in [2.45, 2.75) is 46.3 Å². The third-order valence-corrected chi connectivity index (χ3v) is 7.34. The Morgan fingerprint density at radius 3 is 2.24 bits per heavy atom. The van der Waals surface area contributed by atoms with Crippen LogP contribution in [0.15, 0.2) is 52.8 Å². The molecule has 0 N–H and O–H groups in total. The zero-order valence-electron chi connectivity index (χ0n) is 15.7. The van der Waals surface area contributed by atoms with E-state index >= 15 is 0 Å². The zero-order chi connectivity index (χ0) is 18.8. The fourth-order valence-corrected chi connectivity index (χ4v) is 7.58. The summed E-state index contributed by atoms with van der Waals surface area (Å²) in [5.74, 6) is 1.38. The second-order valence-corrected chi connectivity index (χ2v) is 14.3. The first kappa shape index (κ1) is 21.2. The molecule has 2 aliphatic carbocycles. The van der Waals surface area contributed by atoms with Gasteiger partial charge in [-0.15, -0.1) is 5.54 Å². The molecule has 0 spiro atoms. The Labute approximate surface area is 170 Å². The van der Waals surface area contributed by atoms with Crippen LogP contribution >= 0.6 is 18.6 Å². The fraction of sp³-hybridized carbons (Fsp3) is 0.350. The van der Waals surface area contributed by atoms with Crippen LogP contribution < -0.4 is 0 Å². The molecule has 0 heterocycles. The Morgan fingerprint density at radius 2 is 1.64 bits per heavy atom. The summed E-state index contributed by atoms with van der Waals surface area (Å²) in [6.45, 7) is 13.6. The van der Waals surface area contributed by atoms with Crippen molar-refractivity contribution in [2.24, 2.45) is 0 Å². The van der Waals surface area contributed by atoms with Crippen molar-refractivity contribution in [1.82, 2.24) is 0 Å². The summed E-state index contributed by atoms with van der Waals surface area (Å²) in [7, 11) is 7.94. The Bertz CT molecular complexity index is 729. The van der Waals surface area contributed by atoms with Crippen LogP contribution in [0.1, 0.15) is 38.8 Å². The van der Waals surface area contributed by atoms with E-state index in [4.69, 9.17) is 23.6 Å². The molecule has 0 unspecified atom stereocenters. The average molecular weight is 426 g/mol. The number of allylic oxidation sites excluding steroid dienone is 5. The molecule has 1 aromatic rings. The van der Waals surface area contributed by atoms with Crippen LogP contribution in [0, 0.1) is 5.92 Å². The molecule has 1 aromatic carbocycles. The van der Waals surface area contributed by atoms with Crippen molar-refractivity contribution in [1.29, 1.82) is 0 Å². The monoisotopic (exact) mass is 425 g/mol. The molecular weight excluding hydrogens is 401 g/mol. The number of fused-ring (bicyclic) bond motifs is 3. The molecule has 0 atom stereocenters. The number of halogens is 2. The van der Waals surface area contributed by atoms with Gasteiger partial charge in [-0.25, -0.2) is 0 Å². The van der Waals surface area contributed by atoms with Gasteiger partial charge >= 0.3 is 35.6 Å². The molecule has 1 radical (unpaired) electrons. The van der Waals surface area contributed by atoms with E-state index < -0.39 is 25.3 Å². The van der Waals surface area contributed by atoms with E-state index in [0.29, 0.717) is 0 Å². The molecule has 0 saturated heterocycles. The van der Waals surface area contributed by atoms with Crippen LogP contribution in [0.25, 0.3) is 11.1 Å².